The molecular formula is C16H18N2O3S2. The number of carboxylic acid groups (broad SMARTS) is 1. The van der Waals surface area contributed by atoms with Crippen LogP contribution >= 0.6 is 22.7 Å². The molecule has 0 radical (unpaired) electrons. The van der Waals surface area contributed by atoms with E-state index < -0.39 is 5.97 Å². The Morgan fingerprint density at radius 3 is 3.04 bits per heavy atom. The van der Waals surface area contributed by atoms with Crippen LogP contribution in [0.3, 0.4) is 0 Å². The Kier molecular flexibility index (Phi) is 5.07. The number of hydrogen-bond donors (Lipinski definition) is 1. The van der Waals surface area contributed by atoms with Gasteiger partial charge in [-0.25, -0.2) is 4.98 Å². The number of likely N-dealkylation sites (tertiary alicyclic amines) is 1. The van der Waals surface area contributed by atoms with Gasteiger partial charge in [-0.05, 0) is 36.6 Å². The van der Waals surface area contributed by atoms with E-state index in [1.807, 2.05) is 22.4 Å². The zero-order valence-electron chi connectivity index (χ0n) is 12.6. The lowest BCUT2D eigenvalue weighted by Gasteiger charge is -2.32. The summed E-state index contributed by atoms with van der Waals surface area (Å²) in [5.74, 6) is -0.463. The van der Waals surface area contributed by atoms with Crippen LogP contribution in [0.4, 0.5) is 0 Å². The number of carbonyl (C=O) groups excluding carboxylic acids is 1. The molecule has 23 heavy (non-hydrogen) atoms. The summed E-state index contributed by atoms with van der Waals surface area (Å²) >= 11 is 3.04. The summed E-state index contributed by atoms with van der Waals surface area (Å²) in [7, 11) is 0. The second kappa shape index (κ2) is 7.23. The summed E-state index contributed by atoms with van der Waals surface area (Å²) in [4.78, 5) is 31.3. The van der Waals surface area contributed by atoms with Gasteiger partial charge in [0.2, 0.25) is 0 Å². The third-order valence-electron chi connectivity index (χ3n) is 4.02. The maximum Gasteiger partial charge on any atom is 0.303 e. The minimum Gasteiger partial charge on any atom is -0.481 e. The zero-order valence-corrected chi connectivity index (χ0v) is 14.2. The van der Waals surface area contributed by atoms with Gasteiger partial charge in [-0.3, -0.25) is 9.59 Å². The van der Waals surface area contributed by atoms with Crippen molar-refractivity contribution < 1.29 is 14.7 Å². The summed E-state index contributed by atoms with van der Waals surface area (Å²) in [6, 6.07) is 3.97. The van der Waals surface area contributed by atoms with E-state index in [1.165, 1.54) is 11.3 Å². The molecule has 0 spiro atoms. The highest BCUT2D eigenvalue weighted by Gasteiger charge is 2.26. The lowest BCUT2D eigenvalue weighted by molar-refractivity contribution is -0.137. The van der Waals surface area contributed by atoms with E-state index in [0.29, 0.717) is 17.8 Å². The smallest absolute Gasteiger partial charge is 0.303 e. The van der Waals surface area contributed by atoms with Crippen molar-refractivity contribution in [1.82, 2.24) is 9.88 Å². The minimum atomic E-state index is -0.767. The van der Waals surface area contributed by atoms with Gasteiger partial charge in [0.05, 0.1) is 11.1 Å². The van der Waals surface area contributed by atoms with Crippen molar-refractivity contribution in [1.29, 1.82) is 0 Å². The Bertz CT molecular complexity index is 681. The molecular weight excluding hydrogens is 332 g/mol. The van der Waals surface area contributed by atoms with Crippen molar-refractivity contribution in [2.45, 2.75) is 25.7 Å². The highest BCUT2D eigenvalue weighted by molar-refractivity contribution is 7.21. The fraction of sp³-hybridized carbons (Fsp3) is 0.438. The number of thiophene rings is 1. The largest absolute Gasteiger partial charge is 0.481 e. The Balaban J connectivity index is 1.64. The van der Waals surface area contributed by atoms with Crippen LogP contribution in [0.15, 0.2) is 23.7 Å². The van der Waals surface area contributed by atoms with Crippen molar-refractivity contribution in [3.8, 4) is 9.88 Å². The number of amides is 1. The van der Waals surface area contributed by atoms with Crippen LogP contribution in [0, 0.1) is 5.92 Å². The number of carboxylic acids is 1. The van der Waals surface area contributed by atoms with Crippen molar-refractivity contribution in [3.63, 3.8) is 0 Å². The third-order valence-corrected chi connectivity index (χ3v) is 6.05. The van der Waals surface area contributed by atoms with E-state index in [1.54, 1.807) is 17.5 Å². The van der Waals surface area contributed by atoms with Crippen LogP contribution in [0.1, 0.15) is 35.4 Å². The minimum absolute atomic E-state index is 0.0188. The molecule has 0 saturated carbocycles. The van der Waals surface area contributed by atoms with E-state index in [-0.39, 0.29) is 18.2 Å². The maximum atomic E-state index is 12.6. The first kappa shape index (κ1) is 16.1. The number of aromatic nitrogens is 1. The highest BCUT2D eigenvalue weighted by Crippen LogP contribution is 2.30. The van der Waals surface area contributed by atoms with E-state index in [0.717, 1.165) is 29.3 Å². The van der Waals surface area contributed by atoms with Gasteiger partial charge in [-0.1, -0.05) is 6.07 Å². The first-order valence-electron chi connectivity index (χ1n) is 7.64. The molecule has 2 aromatic heterocycles. The first-order chi connectivity index (χ1) is 11.1. The molecule has 5 nitrogen and oxygen atoms in total. The van der Waals surface area contributed by atoms with Crippen LogP contribution in [-0.4, -0.2) is 40.0 Å². The van der Waals surface area contributed by atoms with Gasteiger partial charge < -0.3 is 10.0 Å². The topological polar surface area (TPSA) is 70.5 Å². The first-order valence-corrected chi connectivity index (χ1v) is 9.34. The molecule has 1 aliphatic heterocycles. The molecule has 1 saturated heterocycles. The molecule has 122 valence electrons. The fourth-order valence-corrected chi connectivity index (χ4v) is 4.54. The Morgan fingerprint density at radius 2 is 2.30 bits per heavy atom. The number of thiazole rings is 1. The van der Waals surface area contributed by atoms with Gasteiger partial charge in [0.25, 0.3) is 5.91 Å². The lowest BCUT2D eigenvalue weighted by Crippen LogP contribution is -2.39. The molecule has 1 amide bonds. The van der Waals surface area contributed by atoms with Crippen LogP contribution in [0.5, 0.6) is 0 Å². The van der Waals surface area contributed by atoms with Gasteiger partial charge in [-0.2, -0.15) is 0 Å². The Hall–Kier alpha value is -1.73. The van der Waals surface area contributed by atoms with E-state index in [2.05, 4.69) is 4.98 Å². The van der Waals surface area contributed by atoms with Gasteiger partial charge in [0.15, 0.2) is 0 Å². The lowest BCUT2D eigenvalue weighted by atomic mass is 9.93. The predicted octanol–water partition coefficient (Wildman–Crippen LogP) is 3.59. The van der Waals surface area contributed by atoms with Gasteiger partial charge in [0, 0.05) is 19.5 Å². The Labute approximate surface area is 142 Å². The SMILES string of the molecule is O=C(O)CC[C@@H]1CCCN(C(=O)c2cnc(-c3cccs3)s2)C1. The molecule has 1 fully saturated rings. The highest BCUT2D eigenvalue weighted by atomic mass is 32.1. The van der Waals surface area contributed by atoms with Crippen LogP contribution in [0.2, 0.25) is 0 Å². The molecule has 3 rings (SSSR count). The number of carbonyl (C=O) groups is 2. The molecule has 1 aliphatic rings. The molecule has 0 bridgehead atoms. The summed E-state index contributed by atoms with van der Waals surface area (Å²) in [5, 5.41) is 11.7. The normalized spacial score (nSPS) is 18.1. The molecule has 3 heterocycles. The molecule has 0 aromatic carbocycles. The quantitative estimate of drug-likeness (QED) is 0.894. The van der Waals surface area contributed by atoms with Crippen LogP contribution in [0.25, 0.3) is 9.88 Å². The number of hydrogen-bond acceptors (Lipinski definition) is 5. The van der Waals surface area contributed by atoms with Gasteiger partial charge >= 0.3 is 5.97 Å². The molecule has 0 unspecified atom stereocenters. The van der Waals surface area contributed by atoms with Crippen LogP contribution in [-0.2, 0) is 4.79 Å². The predicted molar refractivity (Wildman–Crippen MR) is 90.9 cm³/mol. The second-order valence-corrected chi connectivity index (χ2v) is 7.68. The standard InChI is InChI=1S/C16H18N2O3S2/c19-14(20)6-5-11-3-1-7-18(10-11)16(21)13-9-17-15(23-13)12-4-2-8-22-12/h2,4,8-9,11H,1,3,5-7,10H2,(H,19,20)/t11-/m0/s1. The Morgan fingerprint density at radius 1 is 1.43 bits per heavy atom. The molecule has 1 atom stereocenters. The average Bonchev–Trinajstić information content (AvgIpc) is 3.23. The van der Waals surface area contributed by atoms with E-state index >= 15 is 0 Å². The zero-order chi connectivity index (χ0) is 16.2. The van der Waals surface area contributed by atoms with Gasteiger partial charge in [0.1, 0.15) is 9.88 Å². The summed E-state index contributed by atoms with van der Waals surface area (Å²) < 4.78 is 0. The number of piperidine rings is 1. The fourth-order valence-electron chi connectivity index (χ4n) is 2.86. The molecule has 2 aromatic rings. The maximum absolute atomic E-state index is 12.6. The second-order valence-electron chi connectivity index (χ2n) is 5.70. The van der Waals surface area contributed by atoms with Crippen molar-refractivity contribution in [2.75, 3.05) is 13.1 Å². The van der Waals surface area contributed by atoms with E-state index in [9.17, 15) is 9.59 Å². The molecule has 0 aliphatic carbocycles. The van der Waals surface area contributed by atoms with Crippen molar-refractivity contribution in [2.24, 2.45) is 5.92 Å². The molecule has 7 heteroatoms. The number of nitrogens with zero attached hydrogens (tertiary/aromatic N) is 2. The summed E-state index contributed by atoms with van der Waals surface area (Å²) in [5.41, 5.74) is 0. The number of aliphatic carboxylic acids is 1. The monoisotopic (exact) mass is 350 g/mol. The van der Waals surface area contributed by atoms with Crippen molar-refractivity contribution in [3.05, 3.63) is 28.6 Å². The number of rotatable bonds is 5. The average molecular weight is 350 g/mol. The van der Waals surface area contributed by atoms with Gasteiger partial charge in [-0.15, -0.1) is 22.7 Å². The van der Waals surface area contributed by atoms with Crippen LogP contribution < -0.4 is 0 Å². The summed E-state index contributed by atoms with van der Waals surface area (Å²) in [6.07, 6.45) is 4.41. The van der Waals surface area contributed by atoms with Crippen molar-refractivity contribution >= 4 is 34.6 Å². The molecule has 1 N–H and O–H groups in total. The third kappa shape index (κ3) is 3.97. The summed E-state index contributed by atoms with van der Waals surface area (Å²) in [6.45, 7) is 1.40. The van der Waals surface area contributed by atoms with E-state index in [4.69, 9.17) is 5.11 Å².